The Labute approximate surface area is 110 Å². The van der Waals surface area contributed by atoms with Crippen LogP contribution in [-0.4, -0.2) is 19.1 Å². The van der Waals surface area contributed by atoms with Crippen molar-refractivity contribution in [1.82, 2.24) is 10.6 Å². The fourth-order valence-corrected chi connectivity index (χ4v) is 3.66. The van der Waals surface area contributed by atoms with E-state index in [1.54, 1.807) is 0 Å². The first-order chi connectivity index (χ1) is 7.59. The molecule has 1 aliphatic heterocycles. The van der Waals surface area contributed by atoms with Crippen LogP contribution in [0.2, 0.25) is 0 Å². The van der Waals surface area contributed by atoms with Crippen LogP contribution in [0.5, 0.6) is 0 Å². The van der Waals surface area contributed by atoms with E-state index in [4.69, 9.17) is 0 Å². The number of piperidine rings is 1. The largest absolute Gasteiger partial charge is 0.316 e. The summed E-state index contributed by atoms with van der Waals surface area (Å²) in [4.78, 5) is 1.40. The van der Waals surface area contributed by atoms with E-state index in [9.17, 15) is 0 Å². The van der Waals surface area contributed by atoms with Gasteiger partial charge in [0.15, 0.2) is 0 Å². The van der Waals surface area contributed by atoms with Gasteiger partial charge < -0.3 is 10.6 Å². The van der Waals surface area contributed by atoms with Crippen molar-refractivity contribution in [3.8, 4) is 0 Å². The van der Waals surface area contributed by atoms with Crippen LogP contribution in [0.3, 0.4) is 0 Å². The van der Waals surface area contributed by atoms with Gasteiger partial charge in [-0.15, -0.1) is 11.3 Å². The van der Waals surface area contributed by atoms with Crippen LogP contribution in [0.1, 0.15) is 25.1 Å². The van der Waals surface area contributed by atoms with Crippen molar-refractivity contribution in [3.05, 3.63) is 20.8 Å². The normalized spacial score (nSPS) is 24.6. The van der Waals surface area contributed by atoms with Crippen molar-refractivity contribution in [3.63, 3.8) is 0 Å². The van der Waals surface area contributed by atoms with E-state index >= 15 is 0 Å². The van der Waals surface area contributed by atoms with Crippen LogP contribution in [0.4, 0.5) is 0 Å². The Morgan fingerprint density at radius 2 is 2.44 bits per heavy atom. The average molecular weight is 303 g/mol. The molecular formula is C12H19BrN2S. The summed E-state index contributed by atoms with van der Waals surface area (Å²) in [7, 11) is 0. The Hall–Kier alpha value is 0.100. The third-order valence-electron chi connectivity index (χ3n) is 3.33. The minimum Gasteiger partial charge on any atom is -0.316 e. The third-order valence-corrected chi connectivity index (χ3v) is 5.26. The summed E-state index contributed by atoms with van der Waals surface area (Å²) >= 11 is 5.39. The zero-order chi connectivity index (χ0) is 11.6. The summed E-state index contributed by atoms with van der Waals surface area (Å²) in [6, 6.07) is 2.73. The van der Waals surface area contributed by atoms with Crippen LogP contribution in [0, 0.1) is 5.41 Å². The van der Waals surface area contributed by atoms with Crippen LogP contribution in [-0.2, 0) is 6.54 Å². The van der Waals surface area contributed by atoms with Crippen molar-refractivity contribution in [2.24, 2.45) is 5.41 Å². The lowest BCUT2D eigenvalue weighted by Gasteiger charge is -2.39. The topological polar surface area (TPSA) is 24.1 Å². The van der Waals surface area contributed by atoms with Crippen LogP contribution in [0.25, 0.3) is 0 Å². The molecule has 0 spiro atoms. The lowest BCUT2D eigenvalue weighted by molar-refractivity contribution is 0.184. The predicted octanol–water partition coefficient (Wildman–Crippen LogP) is 2.99. The number of rotatable bonds is 3. The van der Waals surface area contributed by atoms with Crippen LogP contribution >= 0.6 is 27.3 Å². The van der Waals surface area contributed by atoms with E-state index in [-0.39, 0.29) is 0 Å². The molecule has 16 heavy (non-hydrogen) atoms. The number of nitrogens with one attached hydrogen (secondary N) is 2. The summed E-state index contributed by atoms with van der Waals surface area (Å²) in [5.74, 6) is 0. The second kappa shape index (κ2) is 5.17. The molecule has 0 radical (unpaired) electrons. The minimum atomic E-state index is 0.349. The van der Waals surface area contributed by atoms with Gasteiger partial charge in [-0.25, -0.2) is 0 Å². The molecular weight excluding hydrogens is 284 g/mol. The molecule has 0 amide bonds. The van der Waals surface area contributed by atoms with E-state index < -0.39 is 0 Å². The van der Waals surface area contributed by atoms with E-state index in [1.165, 1.54) is 15.8 Å². The summed E-state index contributed by atoms with van der Waals surface area (Å²) in [5, 5.41) is 9.29. The molecule has 1 atom stereocenters. The molecule has 0 aromatic carbocycles. The molecule has 90 valence electrons. The molecule has 1 fully saturated rings. The molecule has 1 aromatic heterocycles. The fraction of sp³-hybridized carbons (Fsp3) is 0.667. The third kappa shape index (κ3) is 2.86. The first-order valence-corrected chi connectivity index (χ1v) is 7.43. The predicted molar refractivity (Wildman–Crippen MR) is 73.9 cm³/mol. The molecule has 4 heteroatoms. The van der Waals surface area contributed by atoms with Gasteiger partial charge in [-0.1, -0.05) is 13.8 Å². The van der Waals surface area contributed by atoms with Crippen LogP contribution < -0.4 is 10.6 Å². The maximum Gasteiger partial charge on any atom is 0.0327 e. The minimum absolute atomic E-state index is 0.349. The molecule has 2 N–H and O–H groups in total. The molecule has 0 aliphatic carbocycles. The number of hydrogen-bond donors (Lipinski definition) is 2. The highest BCUT2D eigenvalue weighted by Crippen LogP contribution is 2.27. The molecule has 1 unspecified atom stereocenters. The quantitative estimate of drug-likeness (QED) is 0.897. The zero-order valence-electron chi connectivity index (χ0n) is 9.85. The van der Waals surface area contributed by atoms with E-state index in [0.29, 0.717) is 11.5 Å². The highest BCUT2D eigenvalue weighted by Gasteiger charge is 2.31. The maximum absolute atomic E-state index is 3.70. The second-order valence-electron chi connectivity index (χ2n) is 5.08. The van der Waals surface area contributed by atoms with Crippen molar-refractivity contribution in [2.45, 2.75) is 32.9 Å². The van der Waals surface area contributed by atoms with Gasteiger partial charge >= 0.3 is 0 Å². The van der Waals surface area contributed by atoms with E-state index in [1.807, 2.05) is 11.3 Å². The van der Waals surface area contributed by atoms with Gasteiger partial charge in [0.05, 0.1) is 0 Å². The van der Waals surface area contributed by atoms with E-state index in [2.05, 4.69) is 51.9 Å². The number of halogens is 1. The molecule has 2 rings (SSSR count). The molecule has 1 aromatic rings. The monoisotopic (exact) mass is 302 g/mol. The van der Waals surface area contributed by atoms with Crippen molar-refractivity contribution < 1.29 is 0 Å². The van der Waals surface area contributed by atoms with Gasteiger partial charge in [-0.05, 0) is 45.8 Å². The lowest BCUT2D eigenvalue weighted by atomic mass is 9.80. The Balaban J connectivity index is 1.92. The standard InChI is InChI=1S/C12H19BrN2S/c1-12(2)8-14-5-3-11(12)15-7-10-9(13)4-6-16-10/h4,6,11,14-15H,3,5,7-8H2,1-2H3. The number of thiophene rings is 1. The summed E-state index contributed by atoms with van der Waals surface area (Å²) in [5.41, 5.74) is 0.349. The Morgan fingerprint density at radius 1 is 1.62 bits per heavy atom. The van der Waals surface area contributed by atoms with Gasteiger partial charge in [-0.3, -0.25) is 0 Å². The lowest BCUT2D eigenvalue weighted by Crippen LogP contribution is -2.52. The maximum atomic E-state index is 3.70. The summed E-state index contributed by atoms with van der Waals surface area (Å²) in [6.07, 6.45) is 1.22. The van der Waals surface area contributed by atoms with Gasteiger partial charge in [0.1, 0.15) is 0 Å². The molecule has 0 bridgehead atoms. The Morgan fingerprint density at radius 3 is 3.06 bits per heavy atom. The highest BCUT2D eigenvalue weighted by molar-refractivity contribution is 9.10. The van der Waals surface area contributed by atoms with Crippen LogP contribution in [0.15, 0.2) is 15.9 Å². The summed E-state index contributed by atoms with van der Waals surface area (Å²) < 4.78 is 1.23. The number of hydrogen-bond acceptors (Lipinski definition) is 3. The van der Waals surface area contributed by atoms with Crippen molar-refractivity contribution in [1.29, 1.82) is 0 Å². The second-order valence-corrected chi connectivity index (χ2v) is 6.93. The van der Waals surface area contributed by atoms with Gasteiger partial charge in [0.2, 0.25) is 0 Å². The molecule has 0 saturated carbocycles. The smallest absolute Gasteiger partial charge is 0.0327 e. The van der Waals surface area contributed by atoms with Crippen molar-refractivity contribution >= 4 is 27.3 Å². The first-order valence-electron chi connectivity index (χ1n) is 5.75. The molecule has 2 nitrogen and oxygen atoms in total. The van der Waals surface area contributed by atoms with Gasteiger partial charge in [0, 0.05) is 28.5 Å². The first kappa shape index (κ1) is 12.6. The van der Waals surface area contributed by atoms with Gasteiger partial charge in [-0.2, -0.15) is 0 Å². The molecule has 2 heterocycles. The average Bonchev–Trinajstić information content (AvgIpc) is 2.62. The highest BCUT2D eigenvalue weighted by atomic mass is 79.9. The molecule has 1 aliphatic rings. The SMILES string of the molecule is CC1(C)CNCCC1NCc1sccc1Br. The Bertz CT molecular complexity index is 349. The van der Waals surface area contributed by atoms with Gasteiger partial charge in [0.25, 0.3) is 0 Å². The van der Waals surface area contributed by atoms with Crippen molar-refractivity contribution in [2.75, 3.05) is 13.1 Å². The summed E-state index contributed by atoms with van der Waals surface area (Å²) in [6.45, 7) is 7.88. The fourth-order valence-electron chi connectivity index (χ4n) is 2.22. The van der Waals surface area contributed by atoms with E-state index in [0.717, 1.165) is 19.6 Å². The Kier molecular flexibility index (Phi) is 4.06. The molecule has 1 saturated heterocycles. The zero-order valence-corrected chi connectivity index (χ0v) is 12.2.